The van der Waals surface area contributed by atoms with Gasteiger partial charge in [-0.2, -0.15) is 0 Å². The maximum absolute atomic E-state index is 5.40. The minimum atomic E-state index is -0.125. The molecule has 0 spiro atoms. The third-order valence-corrected chi connectivity index (χ3v) is 2.13. The largest absolute Gasteiger partial charge is 0.378 e. The van der Waals surface area contributed by atoms with E-state index in [1.165, 1.54) is 0 Å². The van der Waals surface area contributed by atoms with Gasteiger partial charge in [0.05, 0.1) is 6.61 Å². The van der Waals surface area contributed by atoms with Gasteiger partial charge in [0.1, 0.15) is 5.54 Å². The third kappa shape index (κ3) is 1.03. The molecule has 1 fully saturated rings. The summed E-state index contributed by atoms with van der Waals surface area (Å²) in [7, 11) is 3.99. The van der Waals surface area contributed by atoms with E-state index in [1.54, 1.807) is 0 Å². The molecule has 1 aliphatic rings. The molecule has 2 nitrogen and oxygen atoms in total. The summed E-state index contributed by atoms with van der Waals surface area (Å²) in [6, 6.07) is 0. The molecule has 0 aromatic rings. The minimum absolute atomic E-state index is 0.125. The molecule has 10 heavy (non-hydrogen) atoms. The SMILES string of the molecule is C#CC1(N(C)C)CCOC1. The van der Waals surface area contributed by atoms with Gasteiger partial charge >= 0.3 is 0 Å². The summed E-state index contributed by atoms with van der Waals surface area (Å²) in [5.41, 5.74) is -0.125. The van der Waals surface area contributed by atoms with Gasteiger partial charge in [0.2, 0.25) is 0 Å². The van der Waals surface area contributed by atoms with Gasteiger partial charge in [-0.1, -0.05) is 5.92 Å². The second-order valence-electron chi connectivity index (χ2n) is 2.87. The van der Waals surface area contributed by atoms with E-state index < -0.39 is 0 Å². The third-order valence-electron chi connectivity index (χ3n) is 2.13. The van der Waals surface area contributed by atoms with Crippen LogP contribution < -0.4 is 0 Å². The summed E-state index contributed by atoms with van der Waals surface area (Å²) >= 11 is 0. The fourth-order valence-corrected chi connectivity index (χ4v) is 1.15. The fraction of sp³-hybridized carbons (Fsp3) is 0.750. The topological polar surface area (TPSA) is 12.5 Å². The molecule has 0 saturated carbocycles. The van der Waals surface area contributed by atoms with Crippen LogP contribution >= 0.6 is 0 Å². The summed E-state index contributed by atoms with van der Waals surface area (Å²) in [6.45, 7) is 1.47. The summed E-state index contributed by atoms with van der Waals surface area (Å²) in [5.74, 6) is 2.78. The lowest BCUT2D eigenvalue weighted by Crippen LogP contribution is -2.43. The average Bonchev–Trinajstić information content (AvgIpc) is 2.35. The zero-order valence-electron chi connectivity index (χ0n) is 6.55. The van der Waals surface area contributed by atoms with E-state index in [-0.39, 0.29) is 5.54 Å². The van der Waals surface area contributed by atoms with E-state index in [0.717, 1.165) is 13.0 Å². The second kappa shape index (κ2) is 2.61. The van der Waals surface area contributed by atoms with Crippen molar-refractivity contribution in [2.45, 2.75) is 12.0 Å². The molecular formula is C8H13NO. The van der Waals surface area contributed by atoms with Gasteiger partial charge < -0.3 is 4.74 Å². The van der Waals surface area contributed by atoms with Crippen LogP contribution in [0, 0.1) is 12.3 Å². The Morgan fingerprint density at radius 3 is 2.50 bits per heavy atom. The van der Waals surface area contributed by atoms with Crippen molar-refractivity contribution < 1.29 is 4.74 Å². The number of nitrogens with zero attached hydrogens (tertiary/aromatic N) is 1. The lowest BCUT2D eigenvalue weighted by atomic mass is 9.99. The fourth-order valence-electron chi connectivity index (χ4n) is 1.15. The Hall–Kier alpha value is -0.520. The Kier molecular flexibility index (Phi) is 1.98. The minimum Gasteiger partial charge on any atom is -0.378 e. The molecule has 0 bridgehead atoms. The molecule has 1 atom stereocenters. The first-order valence-electron chi connectivity index (χ1n) is 3.44. The predicted molar refractivity (Wildman–Crippen MR) is 40.7 cm³/mol. The van der Waals surface area contributed by atoms with Crippen molar-refractivity contribution in [3.05, 3.63) is 0 Å². The van der Waals surface area contributed by atoms with Crippen molar-refractivity contribution in [3.8, 4) is 12.3 Å². The maximum Gasteiger partial charge on any atom is 0.108 e. The van der Waals surface area contributed by atoms with E-state index in [2.05, 4.69) is 10.8 Å². The Balaban J connectivity index is 2.70. The van der Waals surface area contributed by atoms with Gasteiger partial charge in [-0.25, -0.2) is 0 Å². The monoisotopic (exact) mass is 139 g/mol. The molecule has 1 saturated heterocycles. The van der Waals surface area contributed by atoms with E-state index in [4.69, 9.17) is 11.2 Å². The van der Waals surface area contributed by atoms with Crippen LogP contribution in [0.5, 0.6) is 0 Å². The van der Waals surface area contributed by atoms with Crippen LogP contribution in [0.2, 0.25) is 0 Å². The normalized spacial score (nSPS) is 32.6. The Morgan fingerprint density at radius 2 is 2.30 bits per heavy atom. The molecule has 0 radical (unpaired) electrons. The highest BCUT2D eigenvalue weighted by Gasteiger charge is 2.34. The lowest BCUT2D eigenvalue weighted by molar-refractivity contribution is 0.143. The highest BCUT2D eigenvalue weighted by Crippen LogP contribution is 2.22. The standard InChI is InChI=1S/C8H13NO/c1-4-8(9(2)3)5-6-10-7-8/h1H,5-7H2,2-3H3. The quantitative estimate of drug-likeness (QED) is 0.486. The second-order valence-corrected chi connectivity index (χ2v) is 2.87. The number of hydrogen-bond acceptors (Lipinski definition) is 2. The van der Waals surface area contributed by atoms with Crippen LogP contribution in [0.25, 0.3) is 0 Å². The molecular weight excluding hydrogens is 126 g/mol. The van der Waals surface area contributed by atoms with Crippen molar-refractivity contribution in [1.82, 2.24) is 4.90 Å². The Morgan fingerprint density at radius 1 is 1.60 bits per heavy atom. The first-order chi connectivity index (χ1) is 4.71. The van der Waals surface area contributed by atoms with Gasteiger partial charge in [-0.05, 0) is 14.1 Å². The average molecular weight is 139 g/mol. The van der Waals surface area contributed by atoms with Crippen LogP contribution in [0.1, 0.15) is 6.42 Å². The molecule has 0 amide bonds. The maximum atomic E-state index is 5.40. The van der Waals surface area contributed by atoms with Gasteiger partial charge in [0.15, 0.2) is 0 Å². The van der Waals surface area contributed by atoms with Crippen molar-refractivity contribution in [3.63, 3.8) is 0 Å². The van der Waals surface area contributed by atoms with Crippen LogP contribution in [0.15, 0.2) is 0 Å². The molecule has 1 aliphatic heterocycles. The van der Waals surface area contributed by atoms with Crippen LogP contribution in [-0.4, -0.2) is 37.7 Å². The number of terminal acetylenes is 1. The van der Waals surface area contributed by atoms with Crippen molar-refractivity contribution in [2.24, 2.45) is 0 Å². The zero-order valence-corrected chi connectivity index (χ0v) is 6.55. The number of hydrogen-bond donors (Lipinski definition) is 0. The molecule has 2 heteroatoms. The van der Waals surface area contributed by atoms with E-state index in [0.29, 0.717) is 6.61 Å². The van der Waals surface area contributed by atoms with Crippen LogP contribution in [0.4, 0.5) is 0 Å². The van der Waals surface area contributed by atoms with E-state index in [1.807, 2.05) is 14.1 Å². The molecule has 0 aromatic heterocycles. The zero-order chi connectivity index (χ0) is 7.61. The molecule has 0 aliphatic carbocycles. The number of rotatable bonds is 1. The summed E-state index contributed by atoms with van der Waals surface area (Å²) in [5, 5.41) is 0. The highest BCUT2D eigenvalue weighted by atomic mass is 16.5. The molecule has 0 aromatic carbocycles. The Bertz CT molecular complexity index is 151. The summed E-state index contributed by atoms with van der Waals surface area (Å²) in [6.07, 6.45) is 6.35. The van der Waals surface area contributed by atoms with Crippen molar-refractivity contribution in [1.29, 1.82) is 0 Å². The first-order valence-corrected chi connectivity index (χ1v) is 3.44. The van der Waals surface area contributed by atoms with Gasteiger partial charge in [0.25, 0.3) is 0 Å². The van der Waals surface area contributed by atoms with Gasteiger partial charge in [-0.15, -0.1) is 6.42 Å². The van der Waals surface area contributed by atoms with Crippen LogP contribution in [-0.2, 0) is 4.74 Å². The van der Waals surface area contributed by atoms with Crippen molar-refractivity contribution >= 4 is 0 Å². The molecule has 1 heterocycles. The van der Waals surface area contributed by atoms with E-state index in [9.17, 15) is 0 Å². The smallest absolute Gasteiger partial charge is 0.108 e. The number of likely N-dealkylation sites (N-methyl/N-ethyl adjacent to an activating group) is 1. The van der Waals surface area contributed by atoms with Crippen LogP contribution in [0.3, 0.4) is 0 Å². The highest BCUT2D eigenvalue weighted by molar-refractivity contribution is 5.14. The summed E-state index contributed by atoms with van der Waals surface area (Å²) < 4.78 is 5.23. The summed E-state index contributed by atoms with van der Waals surface area (Å²) in [4.78, 5) is 2.06. The van der Waals surface area contributed by atoms with E-state index >= 15 is 0 Å². The lowest BCUT2D eigenvalue weighted by Gasteiger charge is -2.28. The predicted octanol–water partition coefficient (Wildman–Crippen LogP) is 0.340. The first kappa shape index (κ1) is 7.59. The number of ether oxygens (including phenoxy) is 1. The molecule has 0 N–H and O–H groups in total. The van der Waals surface area contributed by atoms with Gasteiger partial charge in [0, 0.05) is 13.0 Å². The van der Waals surface area contributed by atoms with Crippen molar-refractivity contribution in [2.75, 3.05) is 27.3 Å². The molecule has 56 valence electrons. The van der Waals surface area contributed by atoms with Gasteiger partial charge in [-0.3, -0.25) is 4.90 Å². The Labute approximate surface area is 62.2 Å². The molecule has 1 unspecified atom stereocenters. The molecule has 1 rings (SSSR count).